The van der Waals surface area contributed by atoms with Crippen molar-refractivity contribution in [3.8, 4) is 6.07 Å². The van der Waals surface area contributed by atoms with Gasteiger partial charge in [0.05, 0.1) is 18.3 Å². The van der Waals surface area contributed by atoms with Crippen LogP contribution in [-0.4, -0.2) is 54.2 Å². The molecule has 1 aliphatic rings. The molecule has 0 spiro atoms. The summed E-state index contributed by atoms with van der Waals surface area (Å²) in [4.78, 5) is 4.80. The predicted molar refractivity (Wildman–Crippen MR) is 111 cm³/mol. The van der Waals surface area contributed by atoms with Crippen molar-refractivity contribution < 1.29 is 4.74 Å². The van der Waals surface area contributed by atoms with Crippen molar-refractivity contribution in [1.29, 1.82) is 5.26 Å². The third-order valence-corrected chi connectivity index (χ3v) is 5.69. The van der Waals surface area contributed by atoms with Crippen LogP contribution in [0.3, 0.4) is 0 Å². The van der Waals surface area contributed by atoms with Crippen molar-refractivity contribution in [1.82, 2.24) is 9.80 Å². The fourth-order valence-electron chi connectivity index (χ4n) is 3.90. The molecule has 1 aromatic rings. The van der Waals surface area contributed by atoms with Crippen LogP contribution in [-0.2, 0) is 11.3 Å². The van der Waals surface area contributed by atoms with Gasteiger partial charge in [-0.25, -0.2) is 0 Å². The highest BCUT2D eigenvalue weighted by molar-refractivity contribution is 5.15. The summed E-state index contributed by atoms with van der Waals surface area (Å²) in [5.74, 6) is 0.697. The second-order valence-electron chi connectivity index (χ2n) is 9.04. The molecule has 0 aromatic heterocycles. The molecule has 0 bridgehead atoms. The molecule has 1 heterocycles. The molecule has 0 saturated carbocycles. The van der Waals surface area contributed by atoms with Crippen molar-refractivity contribution in [2.75, 3.05) is 33.3 Å². The molecule has 1 fully saturated rings. The highest BCUT2D eigenvalue weighted by Crippen LogP contribution is 2.35. The second-order valence-corrected chi connectivity index (χ2v) is 9.04. The number of benzene rings is 1. The smallest absolute Gasteiger partial charge is 0.113 e. The number of ether oxygens (including phenoxy) is 1. The first-order chi connectivity index (χ1) is 12.8. The maximum Gasteiger partial charge on any atom is 0.113 e. The van der Waals surface area contributed by atoms with Gasteiger partial charge in [0.1, 0.15) is 5.54 Å². The van der Waals surface area contributed by atoms with Crippen LogP contribution in [0.5, 0.6) is 0 Å². The van der Waals surface area contributed by atoms with E-state index in [0.29, 0.717) is 12.5 Å². The van der Waals surface area contributed by atoms with Crippen LogP contribution >= 0.6 is 0 Å². The van der Waals surface area contributed by atoms with Gasteiger partial charge in [-0.15, -0.1) is 0 Å². The molecule has 0 aliphatic carbocycles. The van der Waals surface area contributed by atoms with E-state index in [1.165, 1.54) is 12.0 Å². The van der Waals surface area contributed by atoms with Crippen LogP contribution in [0.2, 0.25) is 0 Å². The van der Waals surface area contributed by atoms with Crippen LogP contribution in [0, 0.1) is 17.2 Å². The van der Waals surface area contributed by atoms with E-state index in [0.717, 1.165) is 39.0 Å². The SMILES string of the molecule is CC(C)CCN(CCN(C)C1(C#N)CCOC(C)(C)C1)Cc1ccccc1. The van der Waals surface area contributed by atoms with Gasteiger partial charge in [0.2, 0.25) is 0 Å². The molecule has 0 radical (unpaired) electrons. The number of nitriles is 1. The van der Waals surface area contributed by atoms with Gasteiger partial charge in [-0.1, -0.05) is 44.2 Å². The zero-order valence-electron chi connectivity index (χ0n) is 17.9. The van der Waals surface area contributed by atoms with E-state index in [9.17, 15) is 5.26 Å². The Balaban J connectivity index is 2.00. The number of rotatable bonds is 9. The molecular weight excluding hydrogens is 334 g/mol. The Morgan fingerprint density at radius 3 is 2.44 bits per heavy atom. The molecule has 150 valence electrons. The molecule has 27 heavy (non-hydrogen) atoms. The molecule has 1 aliphatic heterocycles. The van der Waals surface area contributed by atoms with E-state index in [2.05, 4.69) is 80.9 Å². The number of hydrogen-bond donors (Lipinski definition) is 0. The summed E-state index contributed by atoms with van der Waals surface area (Å²) in [5, 5.41) is 9.96. The van der Waals surface area contributed by atoms with Gasteiger partial charge in [-0.2, -0.15) is 5.26 Å². The Bertz CT molecular complexity index is 608. The molecule has 1 saturated heterocycles. The zero-order chi connectivity index (χ0) is 19.9. The van der Waals surface area contributed by atoms with Crippen molar-refractivity contribution in [3.05, 3.63) is 35.9 Å². The average Bonchev–Trinajstić information content (AvgIpc) is 2.63. The van der Waals surface area contributed by atoms with Crippen LogP contribution in [0.1, 0.15) is 52.5 Å². The standard InChI is InChI=1S/C23H37N3O/c1-20(2)11-13-26(17-21-9-7-6-8-10-21)15-14-25(5)23(19-24)12-16-27-22(3,4)18-23/h6-10,20H,11-18H2,1-5H3. The van der Waals surface area contributed by atoms with Crippen LogP contribution in [0.4, 0.5) is 0 Å². The van der Waals surface area contributed by atoms with E-state index in [1.807, 2.05) is 0 Å². The van der Waals surface area contributed by atoms with Crippen molar-refractivity contribution in [2.24, 2.45) is 5.92 Å². The van der Waals surface area contributed by atoms with E-state index < -0.39 is 5.54 Å². The molecule has 2 rings (SSSR count). The Hall–Kier alpha value is -1.41. The first-order valence-electron chi connectivity index (χ1n) is 10.3. The minimum atomic E-state index is -0.418. The van der Waals surface area contributed by atoms with Gasteiger partial charge in [0.25, 0.3) is 0 Å². The monoisotopic (exact) mass is 371 g/mol. The highest BCUT2D eigenvalue weighted by Gasteiger charge is 2.44. The van der Waals surface area contributed by atoms with E-state index >= 15 is 0 Å². The molecule has 0 amide bonds. The topological polar surface area (TPSA) is 39.5 Å². The van der Waals surface area contributed by atoms with Crippen LogP contribution in [0.25, 0.3) is 0 Å². The Morgan fingerprint density at radius 2 is 1.85 bits per heavy atom. The average molecular weight is 372 g/mol. The molecule has 1 unspecified atom stereocenters. The lowest BCUT2D eigenvalue weighted by Gasteiger charge is -2.46. The van der Waals surface area contributed by atoms with Crippen molar-refractivity contribution in [3.63, 3.8) is 0 Å². The summed E-state index contributed by atoms with van der Waals surface area (Å²) < 4.78 is 5.85. The third-order valence-electron chi connectivity index (χ3n) is 5.69. The minimum absolute atomic E-state index is 0.233. The predicted octanol–water partition coefficient (Wildman–Crippen LogP) is 4.32. The quantitative estimate of drug-likeness (QED) is 0.648. The van der Waals surface area contributed by atoms with Crippen molar-refractivity contribution in [2.45, 2.75) is 64.6 Å². The first-order valence-corrected chi connectivity index (χ1v) is 10.3. The summed E-state index contributed by atoms with van der Waals surface area (Å²) in [6.07, 6.45) is 2.74. The highest BCUT2D eigenvalue weighted by atomic mass is 16.5. The molecule has 1 aromatic carbocycles. The lowest BCUT2D eigenvalue weighted by Crippen LogP contribution is -2.55. The maximum atomic E-state index is 9.96. The van der Waals surface area contributed by atoms with Gasteiger partial charge in [-0.05, 0) is 45.3 Å². The summed E-state index contributed by atoms with van der Waals surface area (Å²) in [6, 6.07) is 13.3. The molecule has 0 N–H and O–H groups in total. The molecule has 1 atom stereocenters. The molecule has 4 heteroatoms. The lowest BCUT2D eigenvalue weighted by molar-refractivity contribution is -0.0996. The molecular formula is C23H37N3O. The lowest BCUT2D eigenvalue weighted by atomic mass is 9.81. The fourth-order valence-corrected chi connectivity index (χ4v) is 3.90. The van der Waals surface area contributed by atoms with Gasteiger partial charge in [0.15, 0.2) is 0 Å². The summed E-state index contributed by atoms with van der Waals surface area (Å²) in [5.41, 5.74) is 0.702. The minimum Gasteiger partial charge on any atom is -0.375 e. The van der Waals surface area contributed by atoms with Gasteiger partial charge in [-0.3, -0.25) is 9.80 Å². The number of likely N-dealkylation sites (N-methyl/N-ethyl adjacent to an activating group) is 1. The Morgan fingerprint density at radius 1 is 1.15 bits per heavy atom. The van der Waals surface area contributed by atoms with Gasteiger partial charge in [0, 0.05) is 32.5 Å². The number of hydrogen-bond acceptors (Lipinski definition) is 4. The van der Waals surface area contributed by atoms with E-state index in [-0.39, 0.29) is 5.60 Å². The van der Waals surface area contributed by atoms with Gasteiger partial charge >= 0.3 is 0 Å². The summed E-state index contributed by atoms with van der Waals surface area (Å²) in [6.45, 7) is 13.3. The third kappa shape index (κ3) is 6.60. The zero-order valence-corrected chi connectivity index (χ0v) is 17.9. The maximum absolute atomic E-state index is 9.96. The second kappa shape index (κ2) is 9.68. The van der Waals surface area contributed by atoms with Crippen molar-refractivity contribution >= 4 is 0 Å². The summed E-state index contributed by atoms with van der Waals surface area (Å²) >= 11 is 0. The van der Waals surface area contributed by atoms with Crippen LogP contribution in [0.15, 0.2) is 30.3 Å². The first kappa shape index (κ1) is 21.9. The Kier molecular flexibility index (Phi) is 7.85. The number of nitrogens with zero attached hydrogens (tertiary/aromatic N) is 3. The van der Waals surface area contributed by atoms with Gasteiger partial charge < -0.3 is 4.74 Å². The van der Waals surface area contributed by atoms with Crippen LogP contribution < -0.4 is 0 Å². The largest absolute Gasteiger partial charge is 0.375 e. The Labute approximate surface area is 166 Å². The molecule has 4 nitrogen and oxygen atoms in total. The fraction of sp³-hybridized carbons (Fsp3) is 0.696. The normalized spacial score (nSPS) is 22.3. The van der Waals surface area contributed by atoms with E-state index in [1.54, 1.807) is 0 Å². The summed E-state index contributed by atoms with van der Waals surface area (Å²) in [7, 11) is 2.10. The van der Waals surface area contributed by atoms with E-state index in [4.69, 9.17) is 4.74 Å².